The SMILES string of the molecule is CC1CCCC1Nc1ccc(C(N)=S)cc1Cl. The molecule has 3 N–H and O–H groups in total. The molecular formula is C13H17ClN2S. The van der Waals surface area contributed by atoms with Crippen molar-refractivity contribution < 1.29 is 0 Å². The van der Waals surface area contributed by atoms with E-state index in [0.29, 0.717) is 22.0 Å². The van der Waals surface area contributed by atoms with E-state index in [4.69, 9.17) is 29.6 Å². The van der Waals surface area contributed by atoms with Crippen LogP contribution in [0, 0.1) is 5.92 Å². The molecule has 0 heterocycles. The van der Waals surface area contributed by atoms with E-state index in [9.17, 15) is 0 Å². The number of thiocarbonyl (C=S) groups is 1. The van der Waals surface area contributed by atoms with Crippen LogP contribution < -0.4 is 11.1 Å². The second-order valence-corrected chi connectivity index (χ2v) is 5.56. The summed E-state index contributed by atoms with van der Waals surface area (Å²) in [5, 5.41) is 4.20. The Bertz CT molecular complexity index is 433. The third-order valence-electron chi connectivity index (χ3n) is 3.46. The van der Waals surface area contributed by atoms with Crippen molar-refractivity contribution in [2.24, 2.45) is 11.7 Å². The van der Waals surface area contributed by atoms with Crippen molar-refractivity contribution in [3.8, 4) is 0 Å². The van der Waals surface area contributed by atoms with E-state index in [1.807, 2.05) is 18.2 Å². The number of nitrogens with one attached hydrogen (secondary N) is 1. The molecule has 4 heteroatoms. The molecule has 17 heavy (non-hydrogen) atoms. The maximum Gasteiger partial charge on any atom is 0.104 e. The van der Waals surface area contributed by atoms with Crippen molar-refractivity contribution in [2.45, 2.75) is 32.2 Å². The summed E-state index contributed by atoms with van der Waals surface area (Å²) in [5.41, 5.74) is 7.36. The number of hydrogen-bond acceptors (Lipinski definition) is 2. The van der Waals surface area contributed by atoms with E-state index in [1.54, 1.807) is 0 Å². The van der Waals surface area contributed by atoms with E-state index in [-0.39, 0.29) is 0 Å². The highest BCUT2D eigenvalue weighted by molar-refractivity contribution is 7.80. The standard InChI is InChI=1S/C13H17ClN2S/c1-8-3-2-4-11(8)16-12-6-5-9(13(15)17)7-10(12)14/h5-8,11,16H,2-4H2,1H3,(H2,15,17). The Labute approximate surface area is 113 Å². The van der Waals surface area contributed by atoms with Crippen molar-refractivity contribution in [1.82, 2.24) is 0 Å². The van der Waals surface area contributed by atoms with Gasteiger partial charge in [-0.2, -0.15) is 0 Å². The smallest absolute Gasteiger partial charge is 0.104 e. The minimum atomic E-state index is 0.382. The Morgan fingerprint density at radius 1 is 1.47 bits per heavy atom. The number of anilines is 1. The van der Waals surface area contributed by atoms with Crippen LogP contribution >= 0.6 is 23.8 Å². The highest BCUT2D eigenvalue weighted by Crippen LogP contribution is 2.31. The van der Waals surface area contributed by atoms with Crippen LogP contribution in [0.25, 0.3) is 0 Å². The van der Waals surface area contributed by atoms with E-state index in [1.165, 1.54) is 19.3 Å². The molecule has 0 spiro atoms. The van der Waals surface area contributed by atoms with Gasteiger partial charge in [0.1, 0.15) is 4.99 Å². The van der Waals surface area contributed by atoms with Gasteiger partial charge in [-0.25, -0.2) is 0 Å². The van der Waals surface area contributed by atoms with Crippen LogP contribution in [0.15, 0.2) is 18.2 Å². The number of benzene rings is 1. The molecule has 0 amide bonds. The Kier molecular flexibility index (Phi) is 3.89. The van der Waals surface area contributed by atoms with Gasteiger partial charge in [0.05, 0.1) is 10.7 Å². The van der Waals surface area contributed by atoms with Crippen molar-refractivity contribution in [1.29, 1.82) is 0 Å². The maximum absolute atomic E-state index is 6.22. The Morgan fingerprint density at radius 2 is 2.24 bits per heavy atom. The van der Waals surface area contributed by atoms with Gasteiger partial charge < -0.3 is 11.1 Å². The summed E-state index contributed by atoms with van der Waals surface area (Å²) in [6, 6.07) is 6.23. The van der Waals surface area contributed by atoms with Crippen LogP contribution in [-0.4, -0.2) is 11.0 Å². The summed E-state index contributed by atoms with van der Waals surface area (Å²) in [6.45, 7) is 2.28. The monoisotopic (exact) mass is 268 g/mol. The number of halogens is 1. The fourth-order valence-corrected chi connectivity index (χ4v) is 2.71. The highest BCUT2D eigenvalue weighted by Gasteiger charge is 2.23. The van der Waals surface area contributed by atoms with Gasteiger partial charge in [0.15, 0.2) is 0 Å². The molecule has 2 atom stereocenters. The minimum Gasteiger partial charge on any atom is -0.389 e. The number of hydrogen-bond donors (Lipinski definition) is 2. The molecule has 0 aromatic heterocycles. The predicted molar refractivity (Wildman–Crippen MR) is 77.8 cm³/mol. The first-order valence-electron chi connectivity index (χ1n) is 5.94. The van der Waals surface area contributed by atoms with E-state index in [0.717, 1.165) is 11.3 Å². The highest BCUT2D eigenvalue weighted by atomic mass is 35.5. The number of nitrogens with two attached hydrogens (primary N) is 1. The molecule has 1 aliphatic rings. The summed E-state index contributed by atoms with van der Waals surface area (Å²) in [6.07, 6.45) is 3.80. The summed E-state index contributed by atoms with van der Waals surface area (Å²) in [4.78, 5) is 0.382. The Morgan fingerprint density at radius 3 is 2.76 bits per heavy atom. The van der Waals surface area contributed by atoms with Gasteiger partial charge in [0.2, 0.25) is 0 Å². The first kappa shape index (κ1) is 12.7. The zero-order valence-electron chi connectivity index (χ0n) is 9.87. The van der Waals surface area contributed by atoms with Gasteiger partial charge in [-0.05, 0) is 37.0 Å². The second-order valence-electron chi connectivity index (χ2n) is 4.72. The van der Waals surface area contributed by atoms with Crippen molar-refractivity contribution >= 4 is 34.5 Å². The molecule has 1 aromatic carbocycles. The topological polar surface area (TPSA) is 38.0 Å². The zero-order chi connectivity index (χ0) is 12.4. The second kappa shape index (κ2) is 5.23. The fourth-order valence-electron chi connectivity index (χ4n) is 2.35. The van der Waals surface area contributed by atoms with Crippen molar-refractivity contribution in [2.75, 3.05) is 5.32 Å². The molecule has 0 radical (unpaired) electrons. The van der Waals surface area contributed by atoms with Gasteiger partial charge in [-0.3, -0.25) is 0 Å². The third kappa shape index (κ3) is 2.90. The molecule has 1 aliphatic carbocycles. The minimum absolute atomic E-state index is 0.382. The maximum atomic E-state index is 6.22. The van der Waals surface area contributed by atoms with Crippen LogP contribution in [0.3, 0.4) is 0 Å². The lowest BCUT2D eigenvalue weighted by Gasteiger charge is -2.19. The fraction of sp³-hybridized carbons (Fsp3) is 0.462. The predicted octanol–water partition coefficient (Wildman–Crippen LogP) is 3.57. The quantitative estimate of drug-likeness (QED) is 0.823. The molecule has 1 aromatic rings. The van der Waals surface area contributed by atoms with Gasteiger partial charge in [-0.1, -0.05) is 37.2 Å². The molecular weight excluding hydrogens is 252 g/mol. The Hall–Kier alpha value is -0.800. The largest absolute Gasteiger partial charge is 0.389 e. The third-order valence-corrected chi connectivity index (χ3v) is 4.00. The lowest BCUT2D eigenvalue weighted by molar-refractivity contribution is 0.556. The van der Waals surface area contributed by atoms with Gasteiger partial charge in [-0.15, -0.1) is 0 Å². The molecule has 2 nitrogen and oxygen atoms in total. The van der Waals surface area contributed by atoms with Gasteiger partial charge in [0, 0.05) is 11.6 Å². The Balaban J connectivity index is 2.14. The molecule has 1 saturated carbocycles. The van der Waals surface area contributed by atoms with Gasteiger partial charge in [0.25, 0.3) is 0 Å². The van der Waals surface area contributed by atoms with Crippen molar-refractivity contribution in [3.63, 3.8) is 0 Å². The van der Waals surface area contributed by atoms with Crippen molar-refractivity contribution in [3.05, 3.63) is 28.8 Å². The molecule has 1 fully saturated rings. The van der Waals surface area contributed by atoms with Crippen LogP contribution in [0.2, 0.25) is 5.02 Å². The first-order chi connectivity index (χ1) is 8.08. The molecule has 2 unspecified atom stereocenters. The van der Waals surface area contributed by atoms with Crippen LogP contribution in [0.4, 0.5) is 5.69 Å². The zero-order valence-corrected chi connectivity index (χ0v) is 11.4. The lowest BCUT2D eigenvalue weighted by atomic mass is 10.1. The van der Waals surface area contributed by atoms with Crippen LogP contribution in [0.1, 0.15) is 31.7 Å². The molecule has 0 bridgehead atoms. The summed E-state index contributed by atoms with van der Waals surface area (Å²) in [7, 11) is 0. The molecule has 2 rings (SSSR count). The van der Waals surface area contributed by atoms with E-state index < -0.39 is 0 Å². The molecule has 0 saturated heterocycles. The normalized spacial score (nSPS) is 23.6. The first-order valence-corrected chi connectivity index (χ1v) is 6.72. The molecule has 92 valence electrons. The average molecular weight is 269 g/mol. The lowest BCUT2D eigenvalue weighted by Crippen LogP contribution is -2.22. The molecule has 0 aliphatic heterocycles. The van der Waals surface area contributed by atoms with Crippen LogP contribution in [0.5, 0.6) is 0 Å². The number of rotatable bonds is 3. The van der Waals surface area contributed by atoms with Crippen LogP contribution in [-0.2, 0) is 0 Å². The summed E-state index contributed by atoms with van der Waals surface area (Å²) >= 11 is 11.1. The summed E-state index contributed by atoms with van der Waals surface area (Å²) in [5.74, 6) is 0.710. The summed E-state index contributed by atoms with van der Waals surface area (Å²) < 4.78 is 0. The van der Waals surface area contributed by atoms with E-state index >= 15 is 0 Å². The average Bonchev–Trinajstić information content (AvgIpc) is 2.67. The van der Waals surface area contributed by atoms with E-state index in [2.05, 4.69) is 12.2 Å². The van der Waals surface area contributed by atoms with Gasteiger partial charge >= 0.3 is 0 Å².